The van der Waals surface area contributed by atoms with E-state index in [4.69, 9.17) is 4.74 Å². The minimum atomic E-state index is -0.0335. The summed E-state index contributed by atoms with van der Waals surface area (Å²) >= 11 is 0. The van der Waals surface area contributed by atoms with Crippen LogP contribution >= 0.6 is 0 Å². The Labute approximate surface area is 140 Å². The summed E-state index contributed by atoms with van der Waals surface area (Å²) in [5.41, 5.74) is 0. The number of ether oxygens (including phenoxy) is 1. The highest BCUT2D eigenvalue weighted by molar-refractivity contribution is 4.96. The van der Waals surface area contributed by atoms with Gasteiger partial charge in [0.25, 0.3) is 0 Å². The topological polar surface area (TPSA) is 34.2 Å². The lowest BCUT2D eigenvalue weighted by Gasteiger charge is -2.60. The van der Waals surface area contributed by atoms with Crippen molar-refractivity contribution in [1.82, 2.24) is 25.1 Å². The van der Waals surface area contributed by atoms with Crippen LogP contribution in [0.2, 0.25) is 0 Å². The molecule has 6 heteroatoms. The number of piperazine rings is 1. The van der Waals surface area contributed by atoms with Gasteiger partial charge in [-0.05, 0) is 25.7 Å². The van der Waals surface area contributed by atoms with Crippen molar-refractivity contribution in [2.24, 2.45) is 0 Å². The largest absolute Gasteiger partial charge is 0.375 e. The van der Waals surface area contributed by atoms with Gasteiger partial charge in [0, 0.05) is 58.9 Å². The molecule has 1 N–H and O–H groups in total. The number of hydrogen-bond donors (Lipinski definition) is 1. The van der Waals surface area contributed by atoms with Crippen molar-refractivity contribution < 1.29 is 4.74 Å². The smallest absolute Gasteiger partial charge is 0.168 e. The molecule has 132 valence electrons. The maximum atomic E-state index is 6.10. The first-order chi connectivity index (χ1) is 11.4. The van der Waals surface area contributed by atoms with E-state index >= 15 is 0 Å². The van der Waals surface area contributed by atoms with Crippen LogP contribution in [0.4, 0.5) is 0 Å². The Morgan fingerprint density at radius 3 is 2.09 bits per heavy atom. The van der Waals surface area contributed by atoms with Crippen LogP contribution in [0.25, 0.3) is 0 Å². The van der Waals surface area contributed by atoms with Gasteiger partial charge in [-0.3, -0.25) is 9.80 Å². The first kappa shape index (κ1) is 16.2. The molecular formula is C17H33N5O. The number of hydrogen-bond acceptors (Lipinski definition) is 6. The molecule has 6 nitrogen and oxygen atoms in total. The number of piperidine rings is 1. The molecule has 4 saturated heterocycles. The molecule has 0 aromatic carbocycles. The molecule has 0 aliphatic carbocycles. The van der Waals surface area contributed by atoms with Crippen LogP contribution in [0.5, 0.6) is 0 Å². The standard InChI is InChI=1S/C17H33N5O/c1-2-10-21(11-3-1)22-14-15-23-16-17(22,19-8-4-5-9-19)20-12-6-18-7-13-20/h18H,1-16H2. The maximum Gasteiger partial charge on any atom is 0.168 e. The van der Waals surface area contributed by atoms with Gasteiger partial charge in [0.05, 0.1) is 13.2 Å². The monoisotopic (exact) mass is 323 g/mol. The number of morpholine rings is 1. The van der Waals surface area contributed by atoms with E-state index in [0.717, 1.165) is 45.9 Å². The third-order valence-corrected chi connectivity index (χ3v) is 6.07. The van der Waals surface area contributed by atoms with E-state index in [1.165, 1.54) is 58.3 Å². The number of rotatable bonds is 3. The Hall–Kier alpha value is -0.240. The van der Waals surface area contributed by atoms with Crippen LogP contribution in [0, 0.1) is 0 Å². The SMILES string of the molecule is C1CCN(N2CCOCC2(N2CCCC2)N2CCNCC2)CC1. The van der Waals surface area contributed by atoms with Gasteiger partial charge < -0.3 is 10.1 Å². The van der Waals surface area contributed by atoms with E-state index < -0.39 is 0 Å². The van der Waals surface area contributed by atoms with Crippen LogP contribution in [0.15, 0.2) is 0 Å². The second kappa shape index (κ2) is 7.33. The molecule has 0 amide bonds. The van der Waals surface area contributed by atoms with E-state index in [9.17, 15) is 0 Å². The fourth-order valence-electron chi connectivity index (χ4n) is 4.91. The van der Waals surface area contributed by atoms with Gasteiger partial charge in [-0.25, -0.2) is 10.0 Å². The van der Waals surface area contributed by atoms with Crippen molar-refractivity contribution in [3.05, 3.63) is 0 Å². The molecular weight excluding hydrogens is 290 g/mol. The van der Waals surface area contributed by atoms with Crippen molar-refractivity contribution in [2.75, 3.05) is 72.1 Å². The molecule has 1 atom stereocenters. The lowest BCUT2D eigenvalue weighted by atomic mass is 10.1. The third-order valence-electron chi connectivity index (χ3n) is 6.07. The predicted molar refractivity (Wildman–Crippen MR) is 90.9 cm³/mol. The third kappa shape index (κ3) is 3.05. The zero-order valence-electron chi connectivity index (χ0n) is 14.5. The zero-order valence-corrected chi connectivity index (χ0v) is 14.5. The summed E-state index contributed by atoms with van der Waals surface area (Å²) in [5.74, 6) is -0.0335. The average molecular weight is 323 g/mol. The van der Waals surface area contributed by atoms with Crippen LogP contribution in [-0.4, -0.2) is 97.7 Å². The van der Waals surface area contributed by atoms with E-state index in [-0.39, 0.29) is 5.79 Å². The highest BCUT2D eigenvalue weighted by Gasteiger charge is 2.52. The molecule has 0 radical (unpaired) electrons. The molecule has 0 bridgehead atoms. The molecule has 0 spiro atoms. The van der Waals surface area contributed by atoms with Crippen LogP contribution < -0.4 is 5.32 Å². The van der Waals surface area contributed by atoms with Crippen molar-refractivity contribution in [3.8, 4) is 0 Å². The molecule has 4 heterocycles. The number of hydrazine groups is 1. The summed E-state index contributed by atoms with van der Waals surface area (Å²) in [6, 6.07) is 0. The normalized spacial score (nSPS) is 36.5. The fourth-order valence-corrected chi connectivity index (χ4v) is 4.91. The Morgan fingerprint density at radius 2 is 1.35 bits per heavy atom. The average Bonchev–Trinajstić information content (AvgIpc) is 3.18. The van der Waals surface area contributed by atoms with Crippen molar-refractivity contribution >= 4 is 0 Å². The molecule has 0 aromatic heterocycles. The fraction of sp³-hybridized carbons (Fsp3) is 1.00. The highest BCUT2D eigenvalue weighted by Crippen LogP contribution is 2.34. The Morgan fingerprint density at radius 1 is 0.696 bits per heavy atom. The maximum absolute atomic E-state index is 6.10. The summed E-state index contributed by atoms with van der Waals surface area (Å²) in [4.78, 5) is 5.44. The van der Waals surface area contributed by atoms with Crippen molar-refractivity contribution in [1.29, 1.82) is 0 Å². The Bertz CT molecular complexity index is 377. The molecule has 23 heavy (non-hydrogen) atoms. The van der Waals surface area contributed by atoms with Gasteiger partial charge in [0.2, 0.25) is 0 Å². The zero-order chi connectivity index (χ0) is 15.5. The number of likely N-dealkylation sites (tertiary alicyclic amines) is 1. The van der Waals surface area contributed by atoms with Gasteiger partial charge in [0.15, 0.2) is 5.79 Å². The highest BCUT2D eigenvalue weighted by atomic mass is 16.5. The quantitative estimate of drug-likeness (QED) is 0.809. The first-order valence-corrected chi connectivity index (χ1v) is 9.72. The number of nitrogens with one attached hydrogen (secondary N) is 1. The number of nitrogens with zero attached hydrogens (tertiary/aromatic N) is 4. The lowest BCUT2D eigenvalue weighted by Crippen LogP contribution is -2.78. The van der Waals surface area contributed by atoms with Crippen LogP contribution in [0.1, 0.15) is 32.1 Å². The molecule has 4 aliphatic rings. The van der Waals surface area contributed by atoms with E-state index in [1.807, 2.05) is 0 Å². The molecule has 0 saturated carbocycles. The molecule has 4 aliphatic heterocycles. The van der Waals surface area contributed by atoms with E-state index in [2.05, 4.69) is 25.1 Å². The minimum Gasteiger partial charge on any atom is -0.375 e. The van der Waals surface area contributed by atoms with Gasteiger partial charge in [-0.15, -0.1) is 0 Å². The predicted octanol–water partition coefficient (Wildman–Crippen LogP) is 0.374. The lowest BCUT2D eigenvalue weighted by molar-refractivity contribution is -0.295. The van der Waals surface area contributed by atoms with Crippen LogP contribution in [0.3, 0.4) is 0 Å². The van der Waals surface area contributed by atoms with Crippen LogP contribution in [-0.2, 0) is 4.74 Å². The van der Waals surface area contributed by atoms with Gasteiger partial charge in [-0.2, -0.15) is 0 Å². The van der Waals surface area contributed by atoms with Gasteiger partial charge >= 0.3 is 0 Å². The summed E-state index contributed by atoms with van der Waals surface area (Å²) in [6.07, 6.45) is 6.75. The Balaban J connectivity index is 1.64. The minimum absolute atomic E-state index is 0.0335. The molecule has 4 rings (SSSR count). The summed E-state index contributed by atoms with van der Waals surface area (Å²) in [6.45, 7) is 12.1. The van der Waals surface area contributed by atoms with E-state index in [1.54, 1.807) is 0 Å². The second-order valence-electron chi connectivity index (χ2n) is 7.40. The van der Waals surface area contributed by atoms with E-state index in [0.29, 0.717) is 0 Å². The Kier molecular flexibility index (Phi) is 5.18. The molecule has 1 unspecified atom stereocenters. The summed E-state index contributed by atoms with van der Waals surface area (Å²) in [5, 5.41) is 8.90. The van der Waals surface area contributed by atoms with Gasteiger partial charge in [-0.1, -0.05) is 6.42 Å². The van der Waals surface area contributed by atoms with Crippen molar-refractivity contribution in [3.63, 3.8) is 0 Å². The van der Waals surface area contributed by atoms with Gasteiger partial charge in [0.1, 0.15) is 0 Å². The molecule has 0 aromatic rings. The molecule has 4 fully saturated rings. The first-order valence-electron chi connectivity index (χ1n) is 9.72. The summed E-state index contributed by atoms with van der Waals surface area (Å²) in [7, 11) is 0. The second-order valence-corrected chi connectivity index (χ2v) is 7.40. The summed E-state index contributed by atoms with van der Waals surface area (Å²) < 4.78 is 6.10. The van der Waals surface area contributed by atoms with Crippen molar-refractivity contribution in [2.45, 2.75) is 37.9 Å².